The van der Waals surface area contributed by atoms with E-state index in [1.54, 1.807) is 11.3 Å². The van der Waals surface area contributed by atoms with Crippen LogP contribution in [0.4, 0.5) is 0 Å². The second kappa shape index (κ2) is 7.58. The molecule has 1 aromatic heterocycles. The zero-order chi connectivity index (χ0) is 11.8. The standard InChI is InChI=1S/C13H21NOS/c1-2-12-7-8-13(16-12)10-11(15)6-4-3-5-9-14/h7-8H,2-6,9-10,14H2,1H3. The molecule has 0 spiro atoms. The van der Waals surface area contributed by atoms with Crippen molar-refractivity contribution in [3.63, 3.8) is 0 Å². The van der Waals surface area contributed by atoms with Gasteiger partial charge >= 0.3 is 0 Å². The molecule has 1 heterocycles. The zero-order valence-corrected chi connectivity index (χ0v) is 10.8. The van der Waals surface area contributed by atoms with E-state index >= 15 is 0 Å². The van der Waals surface area contributed by atoms with Crippen LogP contribution in [0.5, 0.6) is 0 Å². The first kappa shape index (κ1) is 13.4. The van der Waals surface area contributed by atoms with E-state index in [9.17, 15) is 4.79 Å². The number of thiophene rings is 1. The van der Waals surface area contributed by atoms with Crippen LogP contribution < -0.4 is 5.73 Å². The summed E-state index contributed by atoms with van der Waals surface area (Å²) in [6, 6.07) is 4.21. The minimum atomic E-state index is 0.363. The molecule has 0 aliphatic rings. The van der Waals surface area contributed by atoms with Gasteiger partial charge in [0.15, 0.2) is 0 Å². The number of unbranched alkanes of at least 4 members (excludes halogenated alkanes) is 2. The molecule has 16 heavy (non-hydrogen) atoms. The fourth-order valence-electron chi connectivity index (χ4n) is 1.63. The summed E-state index contributed by atoms with van der Waals surface area (Å²) >= 11 is 1.76. The van der Waals surface area contributed by atoms with Crippen molar-refractivity contribution in [2.24, 2.45) is 5.73 Å². The first-order chi connectivity index (χ1) is 7.76. The van der Waals surface area contributed by atoms with Crippen molar-refractivity contribution in [1.29, 1.82) is 0 Å². The summed E-state index contributed by atoms with van der Waals surface area (Å²) in [4.78, 5) is 14.2. The van der Waals surface area contributed by atoms with E-state index in [1.807, 2.05) is 0 Å². The Morgan fingerprint density at radius 3 is 2.62 bits per heavy atom. The molecular weight excluding hydrogens is 218 g/mol. The number of aryl methyl sites for hydroxylation is 1. The summed E-state index contributed by atoms with van der Waals surface area (Å²) in [7, 11) is 0. The van der Waals surface area contributed by atoms with Gasteiger partial charge in [0.2, 0.25) is 0 Å². The average Bonchev–Trinajstić information content (AvgIpc) is 2.72. The molecule has 1 aromatic rings. The Hall–Kier alpha value is -0.670. The van der Waals surface area contributed by atoms with Gasteiger partial charge in [-0.15, -0.1) is 11.3 Å². The van der Waals surface area contributed by atoms with Crippen LogP contribution >= 0.6 is 11.3 Å². The molecule has 0 aliphatic carbocycles. The first-order valence-electron chi connectivity index (χ1n) is 6.05. The zero-order valence-electron chi connectivity index (χ0n) is 10.00. The predicted octanol–water partition coefficient (Wildman–Crippen LogP) is 2.94. The molecule has 0 fully saturated rings. The van der Waals surface area contributed by atoms with Crippen molar-refractivity contribution in [3.8, 4) is 0 Å². The van der Waals surface area contributed by atoms with Crippen molar-refractivity contribution in [2.45, 2.75) is 45.4 Å². The van der Waals surface area contributed by atoms with Gasteiger partial charge in [0.25, 0.3) is 0 Å². The summed E-state index contributed by atoms with van der Waals surface area (Å²) < 4.78 is 0. The number of carbonyl (C=O) groups excluding carboxylic acids is 1. The van der Waals surface area contributed by atoms with E-state index in [0.717, 1.165) is 32.2 Å². The number of nitrogens with two attached hydrogens (primary N) is 1. The fraction of sp³-hybridized carbons (Fsp3) is 0.615. The van der Waals surface area contributed by atoms with Crippen LogP contribution in [0.3, 0.4) is 0 Å². The lowest BCUT2D eigenvalue weighted by atomic mass is 10.1. The summed E-state index contributed by atoms with van der Waals surface area (Å²) in [6.07, 6.45) is 5.49. The minimum absolute atomic E-state index is 0.363. The Kier molecular flexibility index (Phi) is 6.34. The number of hydrogen-bond acceptors (Lipinski definition) is 3. The maximum atomic E-state index is 11.6. The maximum absolute atomic E-state index is 11.6. The summed E-state index contributed by atoms with van der Waals surface area (Å²) in [5.41, 5.74) is 5.40. The van der Waals surface area contributed by atoms with Gasteiger partial charge < -0.3 is 5.73 Å². The number of carbonyl (C=O) groups is 1. The van der Waals surface area contributed by atoms with Crippen molar-refractivity contribution < 1.29 is 4.79 Å². The molecule has 0 saturated carbocycles. The molecule has 0 amide bonds. The van der Waals surface area contributed by atoms with E-state index in [4.69, 9.17) is 5.73 Å². The molecule has 90 valence electrons. The van der Waals surface area contributed by atoms with Crippen LogP contribution in [0.1, 0.15) is 42.4 Å². The van der Waals surface area contributed by atoms with Crippen LogP contribution in [0.25, 0.3) is 0 Å². The third-order valence-electron chi connectivity index (χ3n) is 2.60. The van der Waals surface area contributed by atoms with E-state index in [-0.39, 0.29) is 0 Å². The summed E-state index contributed by atoms with van der Waals surface area (Å²) in [5.74, 6) is 0.363. The molecule has 0 aromatic carbocycles. The van der Waals surface area contributed by atoms with Crippen LogP contribution in [-0.2, 0) is 17.6 Å². The van der Waals surface area contributed by atoms with Crippen LogP contribution in [0, 0.1) is 0 Å². The highest BCUT2D eigenvalue weighted by molar-refractivity contribution is 7.12. The van der Waals surface area contributed by atoms with E-state index < -0.39 is 0 Å². The van der Waals surface area contributed by atoms with E-state index in [0.29, 0.717) is 18.6 Å². The Balaban J connectivity index is 2.23. The lowest BCUT2D eigenvalue weighted by molar-refractivity contribution is -0.118. The summed E-state index contributed by atoms with van der Waals surface area (Å²) in [5, 5.41) is 0. The Bertz CT molecular complexity index is 319. The molecule has 2 nitrogen and oxygen atoms in total. The number of rotatable bonds is 8. The second-order valence-electron chi connectivity index (χ2n) is 4.04. The predicted molar refractivity (Wildman–Crippen MR) is 69.9 cm³/mol. The van der Waals surface area contributed by atoms with Crippen molar-refractivity contribution in [2.75, 3.05) is 6.54 Å². The molecule has 3 heteroatoms. The maximum Gasteiger partial charge on any atom is 0.138 e. The first-order valence-corrected chi connectivity index (χ1v) is 6.87. The smallest absolute Gasteiger partial charge is 0.138 e. The third-order valence-corrected chi connectivity index (χ3v) is 3.83. The molecule has 0 bridgehead atoms. The summed E-state index contributed by atoms with van der Waals surface area (Å²) in [6.45, 7) is 2.88. The normalized spacial score (nSPS) is 10.6. The topological polar surface area (TPSA) is 43.1 Å². The average molecular weight is 239 g/mol. The van der Waals surface area contributed by atoms with Crippen LogP contribution in [0.15, 0.2) is 12.1 Å². The molecule has 0 atom stereocenters. The van der Waals surface area contributed by atoms with Crippen molar-refractivity contribution in [3.05, 3.63) is 21.9 Å². The molecule has 0 radical (unpaired) electrons. The Morgan fingerprint density at radius 1 is 1.25 bits per heavy atom. The van der Waals surface area contributed by atoms with Crippen molar-refractivity contribution >= 4 is 17.1 Å². The van der Waals surface area contributed by atoms with Crippen LogP contribution in [-0.4, -0.2) is 12.3 Å². The lowest BCUT2D eigenvalue weighted by Crippen LogP contribution is -2.02. The highest BCUT2D eigenvalue weighted by atomic mass is 32.1. The van der Waals surface area contributed by atoms with Gasteiger partial charge in [0.05, 0.1) is 0 Å². The quantitative estimate of drug-likeness (QED) is 0.709. The highest BCUT2D eigenvalue weighted by Crippen LogP contribution is 2.18. The Morgan fingerprint density at radius 2 is 2.00 bits per heavy atom. The third kappa shape index (κ3) is 4.90. The van der Waals surface area contributed by atoms with Crippen molar-refractivity contribution in [1.82, 2.24) is 0 Å². The monoisotopic (exact) mass is 239 g/mol. The minimum Gasteiger partial charge on any atom is -0.330 e. The number of ketones is 1. The van der Waals surface area contributed by atoms with Gasteiger partial charge in [0, 0.05) is 22.6 Å². The number of hydrogen-bond donors (Lipinski definition) is 1. The molecular formula is C13H21NOS. The van der Waals surface area contributed by atoms with Gasteiger partial charge in [-0.1, -0.05) is 13.3 Å². The van der Waals surface area contributed by atoms with Gasteiger partial charge in [-0.05, 0) is 37.9 Å². The van der Waals surface area contributed by atoms with Gasteiger partial charge in [-0.2, -0.15) is 0 Å². The Labute approximate surface area is 102 Å². The molecule has 0 aliphatic heterocycles. The van der Waals surface area contributed by atoms with Crippen LogP contribution in [0.2, 0.25) is 0 Å². The fourth-order valence-corrected chi connectivity index (χ4v) is 2.62. The lowest BCUT2D eigenvalue weighted by Gasteiger charge is -1.99. The number of Topliss-reactive ketones (excluding diaryl/α,β-unsaturated/α-hetero) is 1. The van der Waals surface area contributed by atoms with Gasteiger partial charge in [-0.3, -0.25) is 4.79 Å². The SMILES string of the molecule is CCc1ccc(CC(=O)CCCCCN)s1. The highest BCUT2D eigenvalue weighted by Gasteiger charge is 2.05. The molecule has 1 rings (SSSR count). The molecule has 0 unspecified atom stereocenters. The second-order valence-corrected chi connectivity index (χ2v) is 5.29. The van der Waals surface area contributed by atoms with E-state index in [2.05, 4.69) is 19.1 Å². The van der Waals surface area contributed by atoms with E-state index in [1.165, 1.54) is 9.75 Å². The molecule has 0 saturated heterocycles. The largest absolute Gasteiger partial charge is 0.330 e. The van der Waals surface area contributed by atoms with Gasteiger partial charge in [0.1, 0.15) is 5.78 Å². The van der Waals surface area contributed by atoms with Gasteiger partial charge in [-0.25, -0.2) is 0 Å². The molecule has 2 N–H and O–H groups in total.